The molecule has 2 heterocycles. The smallest absolute Gasteiger partial charge is 0.221 e. The van der Waals surface area contributed by atoms with Crippen LogP contribution >= 0.6 is 24.8 Å². The average molecular weight is 400 g/mol. The number of nitrogens with zero attached hydrogens (tertiary/aromatic N) is 1. The zero-order chi connectivity index (χ0) is 16.6. The van der Waals surface area contributed by atoms with Gasteiger partial charge in [-0.1, -0.05) is 24.3 Å². The van der Waals surface area contributed by atoms with Crippen LogP contribution in [-0.2, 0) is 16.1 Å². The van der Waals surface area contributed by atoms with Gasteiger partial charge in [-0.2, -0.15) is 0 Å². The van der Waals surface area contributed by atoms with E-state index >= 15 is 0 Å². The molecular weight excluding hydrogens is 377 g/mol. The number of aromatic nitrogens is 1. The Morgan fingerprint density at radius 3 is 2.69 bits per heavy atom. The van der Waals surface area contributed by atoms with Gasteiger partial charge in [0.25, 0.3) is 0 Å². The van der Waals surface area contributed by atoms with Crippen molar-refractivity contribution in [1.82, 2.24) is 15.6 Å². The van der Waals surface area contributed by atoms with Crippen LogP contribution < -0.4 is 15.4 Å². The maximum atomic E-state index is 11.9. The first-order valence-corrected chi connectivity index (χ1v) is 8.05. The molecule has 1 aliphatic heterocycles. The highest BCUT2D eigenvalue weighted by molar-refractivity contribution is 5.85. The largest absolute Gasteiger partial charge is 0.439 e. The standard InChI is InChI=1S/C18H21N3O3.2ClH/c22-17(10-15-13-23-9-8-19-15)20-11-14-6-7-18(21-12-14)24-16-4-2-1-3-5-16;;/h1-7,12,15,19H,8-11,13H2,(H,20,22);2*1H. The quantitative estimate of drug-likeness (QED) is 0.780. The van der Waals surface area contributed by atoms with Gasteiger partial charge in [0.2, 0.25) is 11.8 Å². The molecule has 1 atom stereocenters. The fourth-order valence-corrected chi connectivity index (χ4v) is 2.43. The lowest BCUT2D eigenvalue weighted by molar-refractivity contribution is -0.122. The molecule has 2 N–H and O–H groups in total. The molecule has 1 fully saturated rings. The van der Waals surface area contributed by atoms with Gasteiger partial charge in [0.1, 0.15) is 5.75 Å². The third-order valence-electron chi connectivity index (χ3n) is 3.68. The maximum Gasteiger partial charge on any atom is 0.221 e. The molecule has 1 unspecified atom stereocenters. The first-order chi connectivity index (χ1) is 11.8. The summed E-state index contributed by atoms with van der Waals surface area (Å²) in [5.41, 5.74) is 0.927. The summed E-state index contributed by atoms with van der Waals surface area (Å²) in [4.78, 5) is 16.2. The van der Waals surface area contributed by atoms with Gasteiger partial charge in [-0.3, -0.25) is 4.79 Å². The molecule has 0 aliphatic carbocycles. The Labute approximate surface area is 165 Å². The van der Waals surface area contributed by atoms with Gasteiger partial charge < -0.3 is 20.1 Å². The number of amides is 1. The van der Waals surface area contributed by atoms with Crippen LogP contribution in [0.25, 0.3) is 0 Å². The van der Waals surface area contributed by atoms with Crippen LogP contribution in [0.5, 0.6) is 11.6 Å². The average Bonchev–Trinajstić information content (AvgIpc) is 2.63. The van der Waals surface area contributed by atoms with Crippen molar-refractivity contribution in [3.8, 4) is 11.6 Å². The second kappa shape index (κ2) is 11.7. The first kappa shape index (κ1) is 22.2. The zero-order valence-corrected chi connectivity index (χ0v) is 15.9. The summed E-state index contributed by atoms with van der Waals surface area (Å²) in [7, 11) is 0. The SMILES string of the molecule is Cl.Cl.O=C(CC1COCCN1)NCc1ccc(Oc2ccccc2)nc1. The van der Waals surface area contributed by atoms with E-state index in [9.17, 15) is 4.79 Å². The number of para-hydroxylation sites is 1. The monoisotopic (exact) mass is 399 g/mol. The second-order valence-corrected chi connectivity index (χ2v) is 5.63. The van der Waals surface area contributed by atoms with Gasteiger partial charge in [0, 0.05) is 37.8 Å². The molecule has 1 aromatic heterocycles. The fraction of sp³-hybridized carbons (Fsp3) is 0.333. The van der Waals surface area contributed by atoms with E-state index in [2.05, 4.69) is 15.6 Å². The molecule has 1 aliphatic rings. The van der Waals surface area contributed by atoms with Gasteiger partial charge in [-0.15, -0.1) is 24.8 Å². The van der Waals surface area contributed by atoms with Crippen molar-refractivity contribution in [2.75, 3.05) is 19.8 Å². The van der Waals surface area contributed by atoms with Crippen LogP contribution in [0.1, 0.15) is 12.0 Å². The second-order valence-electron chi connectivity index (χ2n) is 5.63. The predicted octanol–water partition coefficient (Wildman–Crippen LogP) is 2.71. The zero-order valence-electron chi connectivity index (χ0n) is 14.2. The van der Waals surface area contributed by atoms with Crippen LogP contribution in [0.15, 0.2) is 48.7 Å². The maximum absolute atomic E-state index is 11.9. The molecule has 0 spiro atoms. The molecular formula is C18H23Cl2N3O3. The summed E-state index contributed by atoms with van der Waals surface area (Å²) in [6.45, 7) is 2.54. The Morgan fingerprint density at radius 1 is 1.23 bits per heavy atom. The van der Waals surface area contributed by atoms with E-state index in [1.165, 1.54) is 0 Å². The van der Waals surface area contributed by atoms with E-state index in [-0.39, 0.29) is 36.8 Å². The number of carbonyl (C=O) groups excluding carboxylic acids is 1. The highest BCUT2D eigenvalue weighted by Gasteiger charge is 2.16. The molecule has 8 heteroatoms. The van der Waals surface area contributed by atoms with Crippen LogP contribution in [0, 0.1) is 0 Å². The van der Waals surface area contributed by atoms with Crippen LogP contribution in [-0.4, -0.2) is 36.7 Å². The molecule has 0 radical (unpaired) electrons. The van der Waals surface area contributed by atoms with E-state index in [4.69, 9.17) is 9.47 Å². The number of morpholine rings is 1. The lowest BCUT2D eigenvalue weighted by atomic mass is 10.2. The van der Waals surface area contributed by atoms with Crippen molar-refractivity contribution >= 4 is 30.7 Å². The lowest BCUT2D eigenvalue weighted by Gasteiger charge is -2.23. The molecule has 0 saturated carbocycles. The third kappa shape index (κ3) is 7.17. The van der Waals surface area contributed by atoms with E-state index < -0.39 is 0 Å². The van der Waals surface area contributed by atoms with E-state index in [1.807, 2.05) is 36.4 Å². The number of rotatable bonds is 6. The Balaban J connectivity index is 0.00000169. The minimum atomic E-state index is 0. The van der Waals surface area contributed by atoms with Crippen molar-refractivity contribution in [3.05, 3.63) is 54.2 Å². The minimum Gasteiger partial charge on any atom is -0.439 e. The number of hydrogen-bond acceptors (Lipinski definition) is 5. The minimum absolute atomic E-state index is 0. The topological polar surface area (TPSA) is 72.5 Å². The highest BCUT2D eigenvalue weighted by atomic mass is 35.5. The van der Waals surface area contributed by atoms with Crippen LogP contribution in [0.4, 0.5) is 0 Å². The summed E-state index contributed by atoms with van der Waals surface area (Å²) >= 11 is 0. The Bertz CT molecular complexity index is 650. The van der Waals surface area contributed by atoms with Crippen molar-refractivity contribution in [2.24, 2.45) is 0 Å². The van der Waals surface area contributed by atoms with Gasteiger partial charge >= 0.3 is 0 Å². The summed E-state index contributed by atoms with van der Waals surface area (Å²) in [5.74, 6) is 1.27. The van der Waals surface area contributed by atoms with Crippen molar-refractivity contribution < 1.29 is 14.3 Å². The summed E-state index contributed by atoms with van der Waals surface area (Å²) < 4.78 is 11.0. The molecule has 1 aromatic carbocycles. The number of carbonyl (C=O) groups is 1. The first-order valence-electron chi connectivity index (χ1n) is 8.05. The summed E-state index contributed by atoms with van der Waals surface area (Å²) in [6, 6.07) is 13.3. The van der Waals surface area contributed by atoms with Crippen LogP contribution in [0.2, 0.25) is 0 Å². The molecule has 26 heavy (non-hydrogen) atoms. The van der Waals surface area contributed by atoms with Gasteiger partial charge in [-0.05, 0) is 17.7 Å². The number of benzene rings is 1. The number of nitrogens with one attached hydrogen (secondary N) is 2. The molecule has 3 rings (SSSR count). The van der Waals surface area contributed by atoms with Gasteiger partial charge in [0.05, 0.1) is 13.2 Å². The number of pyridine rings is 1. The molecule has 1 saturated heterocycles. The lowest BCUT2D eigenvalue weighted by Crippen LogP contribution is -2.44. The highest BCUT2D eigenvalue weighted by Crippen LogP contribution is 2.18. The summed E-state index contributed by atoms with van der Waals surface area (Å²) in [6.07, 6.45) is 2.13. The van der Waals surface area contributed by atoms with Crippen molar-refractivity contribution in [2.45, 2.75) is 19.0 Å². The van der Waals surface area contributed by atoms with Gasteiger partial charge in [-0.25, -0.2) is 4.98 Å². The Morgan fingerprint density at radius 2 is 2.04 bits per heavy atom. The number of halogens is 2. The Kier molecular flexibility index (Phi) is 9.98. The normalized spacial score (nSPS) is 15.9. The van der Waals surface area contributed by atoms with Crippen molar-refractivity contribution in [1.29, 1.82) is 0 Å². The van der Waals surface area contributed by atoms with Crippen LogP contribution in [0.3, 0.4) is 0 Å². The van der Waals surface area contributed by atoms with E-state index in [0.717, 1.165) is 17.9 Å². The summed E-state index contributed by atoms with van der Waals surface area (Å²) in [5, 5.41) is 6.16. The predicted molar refractivity (Wildman–Crippen MR) is 104 cm³/mol. The van der Waals surface area contributed by atoms with Gasteiger partial charge in [0.15, 0.2) is 0 Å². The molecule has 142 valence electrons. The molecule has 2 aromatic rings. The number of ether oxygens (including phenoxy) is 2. The number of hydrogen-bond donors (Lipinski definition) is 2. The van der Waals surface area contributed by atoms with Crippen molar-refractivity contribution in [3.63, 3.8) is 0 Å². The molecule has 1 amide bonds. The third-order valence-corrected chi connectivity index (χ3v) is 3.68. The fourth-order valence-electron chi connectivity index (χ4n) is 2.43. The Hall–Kier alpha value is -1.86. The molecule has 0 bridgehead atoms. The molecule has 6 nitrogen and oxygen atoms in total. The van der Waals surface area contributed by atoms with E-state index in [1.54, 1.807) is 12.3 Å². The van der Waals surface area contributed by atoms with E-state index in [0.29, 0.717) is 32.1 Å².